The summed E-state index contributed by atoms with van der Waals surface area (Å²) in [6, 6.07) is 16.3. The number of nitro benzene ring substituents is 1. The zero-order valence-electron chi connectivity index (χ0n) is 17.3. The van der Waals surface area contributed by atoms with Gasteiger partial charge in [0.15, 0.2) is 0 Å². The molecule has 0 aliphatic carbocycles. The molecule has 0 atom stereocenters. The van der Waals surface area contributed by atoms with Crippen molar-refractivity contribution in [3.8, 4) is 0 Å². The fraction of sp³-hybridized carbons (Fsp3) is 0.0417. The molecule has 170 valence electrons. The lowest BCUT2D eigenvalue weighted by Gasteiger charge is -2.26. The van der Waals surface area contributed by atoms with Gasteiger partial charge in [0.2, 0.25) is 0 Å². The summed E-state index contributed by atoms with van der Waals surface area (Å²) in [5.41, 5.74) is 1.38. The van der Waals surface area contributed by atoms with Crippen LogP contribution in [0.25, 0.3) is 6.08 Å². The number of carbonyl (C=O) groups excluding carboxylic acids is 3. The van der Waals surface area contributed by atoms with Crippen molar-refractivity contribution in [3.05, 3.63) is 109 Å². The lowest BCUT2D eigenvalue weighted by Crippen LogP contribution is -2.54. The van der Waals surface area contributed by atoms with Crippen LogP contribution in [0, 0.1) is 10.1 Å². The fourth-order valence-corrected chi connectivity index (χ4v) is 3.88. The molecular weight excluding hydrogens is 481 g/mol. The van der Waals surface area contributed by atoms with Gasteiger partial charge in [-0.05, 0) is 53.5 Å². The van der Waals surface area contributed by atoms with Gasteiger partial charge in [-0.1, -0.05) is 53.5 Å². The lowest BCUT2D eigenvalue weighted by atomic mass is 9.97. The molecule has 1 heterocycles. The Balaban J connectivity index is 1.76. The van der Waals surface area contributed by atoms with Gasteiger partial charge in [-0.3, -0.25) is 25.0 Å². The van der Waals surface area contributed by atoms with E-state index in [0.29, 0.717) is 26.9 Å². The van der Waals surface area contributed by atoms with Crippen molar-refractivity contribution < 1.29 is 19.3 Å². The molecular formula is C24H15Cl2N3O5. The molecule has 1 aliphatic rings. The van der Waals surface area contributed by atoms with Gasteiger partial charge >= 0.3 is 6.03 Å². The number of nitro groups is 1. The van der Waals surface area contributed by atoms with Crippen LogP contribution in [0.4, 0.5) is 16.2 Å². The largest absolute Gasteiger partial charge is 0.335 e. The van der Waals surface area contributed by atoms with Crippen molar-refractivity contribution in [2.75, 3.05) is 4.90 Å². The SMILES string of the molecule is O=C1NC(=O)N(c2cccc([N+](=O)[O-])c2)C(=O)/C1=C/c1cc(Cl)ccc1Cc1ccccc1Cl. The Morgan fingerprint density at radius 1 is 0.941 bits per heavy atom. The van der Waals surface area contributed by atoms with Gasteiger partial charge in [0.25, 0.3) is 17.5 Å². The topological polar surface area (TPSA) is 110 Å². The van der Waals surface area contributed by atoms with E-state index in [-0.39, 0.29) is 16.9 Å². The van der Waals surface area contributed by atoms with E-state index < -0.39 is 22.8 Å². The molecule has 3 aromatic carbocycles. The molecule has 1 fully saturated rings. The Morgan fingerprint density at radius 3 is 2.44 bits per heavy atom. The molecule has 34 heavy (non-hydrogen) atoms. The number of barbiturate groups is 1. The zero-order chi connectivity index (χ0) is 24.4. The highest BCUT2D eigenvalue weighted by atomic mass is 35.5. The number of benzene rings is 3. The summed E-state index contributed by atoms with van der Waals surface area (Å²) in [6.45, 7) is 0. The van der Waals surface area contributed by atoms with Crippen molar-refractivity contribution in [3.63, 3.8) is 0 Å². The quantitative estimate of drug-likeness (QED) is 0.227. The van der Waals surface area contributed by atoms with Gasteiger partial charge in [-0.25, -0.2) is 9.69 Å². The number of carbonyl (C=O) groups is 3. The summed E-state index contributed by atoms with van der Waals surface area (Å²) in [6.07, 6.45) is 1.74. The molecule has 0 radical (unpaired) electrons. The number of imide groups is 2. The average Bonchev–Trinajstić information content (AvgIpc) is 2.79. The number of nitrogens with zero attached hydrogens (tertiary/aromatic N) is 2. The standard InChI is InChI=1S/C24H15Cl2N3O5/c25-17-9-8-14(10-15-4-1-2-7-21(15)26)16(11-17)12-20-22(30)27-24(32)28(23(20)31)18-5-3-6-19(13-18)29(33)34/h1-9,11-13H,10H2,(H,27,30,32)/b20-12+. The lowest BCUT2D eigenvalue weighted by molar-refractivity contribution is -0.384. The maximum atomic E-state index is 13.2. The first kappa shape index (κ1) is 23.2. The predicted octanol–water partition coefficient (Wildman–Crippen LogP) is 5.16. The predicted molar refractivity (Wildman–Crippen MR) is 128 cm³/mol. The van der Waals surface area contributed by atoms with Gasteiger partial charge in [0.05, 0.1) is 10.6 Å². The molecule has 1 saturated heterocycles. The number of rotatable bonds is 5. The third-order valence-corrected chi connectivity index (χ3v) is 5.75. The summed E-state index contributed by atoms with van der Waals surface area (Å²) in [7, 11) is 0. The summed E-state index contributed by atoms with van der Waals surface area (Å²) in [5.74, 6) is -1.81. The molecule has 1 N–H and O–H groups in total. The second kappa shape index (κ2) is 9.46. The summed E-state index contributed by atoms with van der Waals surface area (Å²) >= 11 is 12.4. The molecule has 1 aliphatic heterocycles. The van der Waals surface area contributed by atoms with Crippen molar-refractivity contribution in [2.24, 2.45) is 0 Å². The number of hydrogen-bond donors (Lipinski definition) is 1. The normalized spacial score (nSPS) is 14.9. The first-order valence-electron chi connectivity index (χ1n) is 9.92. The van der Waals surface area contributed by atoms with Crippen LogP contribution < -0.4 is 10.2 Å². The number of halogens is 2. The maximum Gasteiger partial charge on any atom is 0.335 e. The third kappa shape index (κ3) is 4.68. The van der Waals surface area contributed by atoms with E-state index >= 15 is 0 Å². The molecule has 0 saturated carbocycles. The van der Waals surface area contributed by atoms with E-state index in [1.807, 2.05) is 12.1 Å². The summed E-state index contributed by atoms with van der Waals surface area (Å²) < 4.78 is 0. The van der Waals surface area contributed by atoms with Gasteiger partial charge in [0.1, 0.15) is 5.57 Å². The van der Waals surface area contributed by atoms with Crippen LogP contribution in [0.2, 0.25) is 10.0 Å². The number of nitrogens with one attached hydrogen (secondary N) is 1. The van der Waals surface area contributed by atoms with Crippen LogP contribution in [-0.4, -0.2) is 22.8 Å². The molecule has 0 unspecified atom stereocenters. The Kier molecular flexibility index (Phi) is 6.45. The molecule has 4 rings (SSSR count). The van der Waals surface area contributed by atoms with E-state index in [1.54, 1.807) is 30.3 Å². The van der Waals surface area contributed by atoms with E-state index in [2.05, 4.69) is 5.32 Å². The summed E-state index contributed by atoms with van der Waals surface area (Å²) in [5, 5.41) is 14.2. The molecule has 0 aromatic heterocycles. The van der Waals surface area contributed by atoms with Crippen LogP contribution in [0.1, 0.15) is 16.7 Å². The van der Waals surface area contributed by atoms with E-state index in [9.17, 15) is 24.5 Å². The van der Waals surface area contributed by atoms with Gasteiger partial charge < -0.3 is 0 Å². The Labute approximate surface area is 203 Å². The van der Waals surface area contributed by atoms with Gasteiger partial charge in [-0.2, -0.15) is 0 Å². The molecule has 0 bridgehead atoms. The molecule has 8 nitrogen and oxygen atoms in total. The highest BCUT2D eigenvalue weighted by molar-refractivity contribution is 6.39. The number of urea groups is 1. The first-order chi connectivity index (χ1) is 16.2. The zero-order valence-corrected chi connectivity index (χ0v) is 18.8. The van der Waals surface area contributed by atoms with Crippen LogP contribution in [0.3, 0.4) is 0 Å². The molecule has 4 amide bonds. The number of anilines is 1. The van der Waals surface area contributed by atoms with Crippen LogP contribution in [0.5, 0.6) is 0 Å². The van der Waals surface area contributed by atoms with Crippen molar-refractivity contribution in [2.45, 2.75) is 6.42 Å². The minimum atomic E-state index is -1.00. The van der Waals surface area contributed by atoms with Crippen molar-refractivity contribution >= 4 is 58.5 Å². The number of non-ortho nitro benzene ring substituents is 1. The van der Waals surface area contributed by atoms with Crippen LogP contribution >= 0.6 is 23.2 Å². The van der Waals surface area contributed by atoms with Gasteiger partial charge in [0, 0.05) is 22.2 Å². The Bertz CT molecular complexity index is 1390. The summed E-state index contributed by atoms with van der Waals surface area (Å²) in [4.78, 5) is 49.3. The van der Waals surface area contributed by atoms with Crippen molar-refractivity contribution in [1.29, 1.82) is 0 Å². The molecule has 3 aromatic rings. The molecule has 10 heteroatoms. The maximum absolute atomic E-state index is 13.2. The molecule has 0 spiro atoms. The van der Waals surface area contributed by atoms with Crippen LogP contribution in [0.15, 0.2) is 72.3 Å². The monoisotopic (exact) mass is 495 g/mol. The van der Waals surface area contributed by atoms with Gasteiger partial charge in [-0.15, -0.1) is 0 Å². The second-order valence-electron chi connectivity index (χ2n) is 7.35. The van der Waals surface area contributed by atoms with E-state index in [0.717, 1.165) is 17.2 Å². The minimum absolute atomic E-state index is 0.0440. The van der Waals surface area contributed by atoms with Crippen molar-refractivity contribution in [1.82, 2.24) is 5.32 Å². The van der Waals surface area contributed by atoms with E-state index in [4.69, 9.17) is 23.2 Å². The highest BCUT2D eigenvalue weighted by Crippen LogP contribution is 2.28. The minimum Gasteiger partial charge on any atom is -0.273 e. The third-order valence-electron chi connectivity index (χ3n) is 5.15. The number of hydrogen-bond acceptors (Lipinski definition) is 5. The number of amides is 4. The smallest absolute Gasteiger partial charge is 0.273 e. The fourth-order valence-electron chi connectivity index (χ4n) is 3.50. The Morgan fingerprint density at radius 2 is 1.71 bits per heavy atom. The highest BCUT2D eigenvalue weighted by Gasteiger charge is 2.37. The Hall–Kier alpha value is -4.01. The van der Waals surface area contributed by atoms with E-state index in [1.165, 1.54) is 24.3 Å². The average molecular weight is 496 g/mol. The second-order valence-corrected chi connectivity index (χ2v) is 8.19. The first-order valence-corrected chi connectivity index (χ1v) is 10.7. The van der Waals surface area contributed by atoms with Crippen LogP contribution in [-0.2, 0) is 16.0 Å².